The van der Waals surface area contributed by atoms with Gasteiger partial charge in [-0.3, -0.25) is 14.4 Å². The van der Waals surface area contributed by atoms with Crippen LogP contribution >= 0.6 is 0 Å². The summed E-state index contributed by atoms with van der Waals surface area (Å²) in [5.41, 5.74) is 0. The highest BCUT2D eigenvalue weighted by Crippen LogP contribution is 2.14. The molecule has 0 radical (unpaired) electrons. The molecule has 0 aromatic rings. The Balaban J connectivity index is 4.30. The number of carbonyl (C=O) groups excluding carboxylic acids is 3. The van der Waals surface area contributed by atoms with Crippen LogP contribution in [-0.2, 0) is 23.9 Å². The predicted molar refractivity (Wildman–Crippen MR) is 217 cm³/mol. The van der Waals surface area contributed by atoms with Crippen molar-refractivity contribution in [1.29, 1.82) is 0 Å². The van der Waals surface area contributed by atoms with E-state index in [4.69, 9.17) is 14.9 Å². The minimum Gasteiger partial charge on any atom is -0.480 e. The molecular weight excluding hydrogens is 668 g/mol. The zero-order valence-electron chi connectivity index (χ0n) is 33.0. The van der Waals surface area contributed by atoms with E-state index in [1.165, 1.54) is 25.7 Å². The van der Waals surface area contributed by atoms with Crippen LogP contribution < -0.4 is 10.6 Å². The summed E-state index contributed by atoms with van der Waals surface area (Å²) in [6.07, 6.45) is 46.6. The zero-order valence-corrected chi connectivity index (χ0v) is 33.0. The van der Waals surface area contributed by atoms with Crippen molar-refractivity contribution < 1.29 is 34.1 Å². The molecule has 0 saturated heterocycles. The molecule has 0 rings (SSSR count). The molecule has 0 bridgehead atoms. The minimum atomic E-state index is -1.39. The van der Waals surface area contributed by atoms with Gasteiger partial charge in [0.1, 0.15) is 12.1 Å². The van der Waals surface area contributed by atoms with E-state index in [9.17, 15) is 19.2 Å². The third-order valence-electron chi connectivity index (χ3n) is 8.42. The monoisotopic (exact) mass is 741 g/mol. The fourth-order valence-electron chi connectivity index (χ4n) is 5.30. The Kier molecular flexibility index (Phi) is 35.3. The van der Waals surface area contributed by atoms with Gasteiger partial charge in [-0.1, -0.05) is 126 Å². The van der Waals surface area contributed by atoms with Gasteiger partial charge in [0.2, 0.25) is 11.8 Å². The molecule has 0 saturated carbocycles. The summed E-state index contributed by atoms with van der Waals surface area (Å²) in [6.45, 7) is 3.29. The molecule has 0 spiro atoms. The fraction of sp³-hybridized carbons (Fsp3) is 0.636. The van der Waals surface area contributed by atoms with E-state index >= 15 is 0 Å². The second kappa shape index (κ2) is 38.0. The number of aliphatic carboxylic acids is 1. The Morgan fingerprint density at radius 2 is 1.13 bits per heavy atom. The van der Waals surface area contributed by atoms with Crippen LogP contribution in [0.15, 0.2) is 72.9 Å². The molecule has 2 atom stereocenters. The summed E-state index contributed by atoms with van der Waals surface area (Å²) in [5.74, 6) is -2.45. The molecule has 0 aliphatic rings. The standard InChI is InChI=1S/C44H72N2O7/c1-3-5-7-9-11-12-13-14-15-16-17-18-19-20-21-22-24-26-32-36-43(50)53-39(33-29-25-23-10-8-6-4-2)34-30-27-28-31-35-41(48)45-37-42(49)46-40(38-47)44(51)52/h5,7,11-12,14-15,17-18,20-21,29,33,39-40,47H,3-4,6,8-10,13,16,19,22-28,30-32,34-38H2,1-2H3,(H,45,48)(H,46,49)(H,51,52)/b7-5-,12-11-,15-14-,18-17-,21-20-,33-29-. The van der Waals surface area contributed by atoms with Gasteiger partial charge in [-0.05, 0) is 89.5 Å². The molecule has 2 amide bonds. The van der Waals surface area contributed by atoms with Crippen molar-refractivity contribution in [3.63, 3.8) is 0 Å². The maximum atomic E-state index is 12.7. The van der Waals surface area contributed by atoms with Crippen LogP contribution in [0.2, 0.25) is 0 Å². The number of hydrogen-bond acceptors (Lipinski definition) is 6. The lowest BCUT2D eigenvalue weighted by molar-refractivity contribution is -0.147. The summed E-state index contributed by atoms with van der Waals surface area (Å²) in [4.78, 5) is 47.4. The quantitative estimate of drug-likeness (QED) is 0.0288. The number of rotatable bonds is 35. The van der Waals surface area contributed by atoms with E-state index < -0.39 is 24.5 Å². The van der Waals surface area contributed by atoms with Gasteiger partial charge in [0.05, 0.1) is 13.2 Å². The summed E-state index contributed by atoms with van der Waals surface area (Å²) >= 11 is 0. The average Bonchev–Trinajstić information content (AvgIpc) is 3.14. The first kappa shape index (κ1) is 49.3. The number of carboxylic acids is 1. The van der Waals surface area contributed by atoms with Gasteiger partial charge in [-0.25, -0.2) is 4.79 Å². The number of nitrogens with one attached hydrogen (secondary N) is 2. The maximum absolute atomic E-state index is 12.7. The first-order valence-corrected chi connectivity index (χ1v) is 20.3. The van der Waals surface area contributed by atoms with Gasteiger partial charge >= 0.3 is 11.9 Å². The molecule has 9 heteroatoms. The van der Waals surface area contributed by atoms with Crippen molar-refractivity contribution in [2.45, 2.75) is 167 Å². The smallest absolute Gasteiger partial charge is 0.328 e. The lowest BCUT2D eigenvalue weighted by Gasteiger charge is -2.15. The number of carboxylic acid groups (broad SMARTS) is 1. The molecule has 9 nitrogen and oxygen atoms in total. The second-order valence-corrected chi connectivity index (χ2v) is 13.3. The van der Waals surface area contributed by atoms with Gasteiger partial charge in [-0.15, -0.1) is 0 Å². The Morgan fingerprint density at radius 1 is 0.604 bits per heavy atom. The summed E-state index contributed by atoms with van der Waals surface area (Å²) in [6, 6.07) is -1.39. The van der Waals surface area contributed by atoms with E-state index in [-0.39, 0.29) is 30.9 Å². The SMILES string of the molecule is CC/C=C\C/C=C\C/C=C\C/C=C\C/C=C\CCCCCC(=O)OC(/C=C\CCCCCCC)CCCCCCC(=O)NCC(=O)NC(CO)C(=O)O. The Bertz CT molecular complexity index is 1120. The Morgan fingerprint density at radius 3 is 1.74 bits per heavy atom. The van der Waals surface area contributed by atoms with Crippen molar-refractivity contribution in [2.75, 3.05) is 13.2 Å². The molecule has 53 heavy (non-hydrogen) atoms. The Hall–Kier alpha value is -3.72. The van der Waals surface area contributed by atoms with Gasteiger partial charge in [-0.2, -0.15) is 0 Å². The van der Waals surface area contributed by atoms with Crippen LogP contribution in [0.1, 0.15) is 155 Å². The molecule has 0 aromatic heterocycles. The van der Waals surface area contributed by atoms with Gasteiger partial charge in [0.25, 0.3) is 0 Å². The minimum absolute atomic E-state index is 0.146. The van der Waals surface area contributed by atoms with Crippen LogP contribution in [-0.4, -0.2) is 59.3 Å². The second-order valence-electron chi connectivity index (χ2n) is 13.3. The van der Waals surface area contributed by atoms with E-state index in [0.717, 1.165) is 96.3 Å². The highest BCUT2D eigenvalue weighted by atomic mass is 16.5. The molecule has 2 unspecified atom stereocenters. The number of ether oxygens (including phenoxy) is 1. The molecule has 0 aliphatic carbocycles. The molecular formula is C44H72N2O7. The van der Waals surface area contributed by atoms with Crippen molar-refractivity contribution >= 4 is 23.8 Å². The van der Waals surface area contributed by atoms with Crippen LogP contribution in [0.25, 0.3) is 0 Å². The van der Waals surface area contributed by atoms with Crippen molar-refractivity contribution in [3.05, 3.63) is 72.9 Å². The first-order chi connectivity index (χ1) is 25.8. The molecule has 4 N–H and O–H groups in total. The van der Waals surface area contributed by atoms with Gasteiger partial charge in [0, 0.05) is 12.8 Å². The van der Waals surface area contributed by atoms with Gasteiger partial charge in [0.15, 0.2) is 0 Å². The predicted octanol–water partition coefficient (Wildman–Crippen LogP) is 9.54. The third kappa shape index (κ3) is 35.1. The lowest BCUT2D eigenvalue weighted by atomic mass is 10.1. The van der Waals surface area contributed by atoms with E-state index in [1.807, 2.05) is 6.08 Å². The van der Waals surface area contributed by atoms with E-state index in [1.54, 1.807) is 0 Å². The van der Waals surface area contributed by atoms with Gasteiger partial charge < -0.3 is 25.6 Å². The summed E-state index contributed by atoms with van der Waals surface area (Å²) < 4.78 is 5.87. The summed E-state index contributed by atoms with van der Waals surface area (Å²) in [7, 11) is 0. The number of aliphatic hydroxyl groups excluding tert-OH is 1. The maximum Gasteiger partial charge on any atom is 0.328 e. The number of unbranched alkanes of at least 4 members (excludes halogenated alkanes) is 11. The topological polar surface area (TPSA) is 142 Å². The molecule has 0 heterocycles. The highest BCUT2D eigenvalue weighted by molar-refractivity contribution is 5.87. The van der Waals surface area contributed by atoms with Crippen LogP contribution in [0.3, 0.4) is 0 Å². The normalized spacial score (nSPS) is 13.3. The van der Waals surface area contributed by atoms with Crippen LogP contribution in [0, 0.1) is 0 Å². The molecule has 0 fully saturated rings. The molecule has 0 aromatic carbocycles. The third-order valence-corrected chi connectivity index (χ3v) is 8.42. The number of allylic oxidation sites excluding steroid dienone is 11. The largest absolute Gasteiger partial charge is 0.480 e. The highest BCUT2D eigenvalue weighted by Gasteiger charge is 2.18. The number of amides is 2. The fourth-order valence-corrected chi connectivity index (χ4v) is 5.30. The number of hydrogen-bond donors (Lipinski definition) is 4. The molecule has 0 aliphatic heterocycles. The van der Waals surface area contributed by atoms with E-state index in [0.29, 0.717) is 12.8 Å². The lowest BCUT2D eigenvalue weighted by Crippen LogP contribution is -2.47. The van der Waals surface area contributed by atoms with Crippen LogP contribution in [0.4, 0.5) is 0 Å². The zero-order chi connectivity index (χ0) is 39.0. The summed E-state index contributed by atoms with van der Waals surface area (Å²) in [5, 5.41) is 22.5. The van der Waals surface area contributed by atoms with Crippen LogP contribution in [0.5, 0.6) is 0 Å². The Labute approximate surface area is 321 Å². The molecule has 300 valence electrons. The van der Waals surface area contributed by atoms with Crippen molar-refractivity contribution in [1.82, 2.24) is 10.6 Å². The van der Waals surface area contributed by atoms with Crippen molar-refractivity contribution in [2.24, 2.45) is 0 Å². The average molecular weight is 741 g/mol. The number of carbonyl (C=O) groups is 4. The van der Waals surface area contributed by atoms with E-state index in [2.05, 4.69) is 91.3 Å². The van der Waals surface area contributed by atoms with Crippen molar-refractivity contribution in [3.8, 4) is 0 Å². The number of esters is 1. The first-order valence-electron chi connectivity index (χ1n) is 20.3. The number of aliphatic hydroxyl groups is 1.